The molecule has 27 heavy (non-hydrogen) atoms. The average molecular weight is 382 g/mol. The van der Waals surface area contributed by atoms with E-state index in [1.165, 1.54) is 0 Å². The van der Waals surface area contributed by atoms with Crippen molar-refractivity contribution in [2.75, 3.05) is 49.4 Å². The van der Waals surface area contributed by atoms with Crippen molar-refractivity contribution in [2.45, 2.75) is 0 Å². The summed E-state index contributed by atoms with van der Waals surface area (Å²) >= 11 is 1.63. The molecular weight excluding hydrogens is 360 g/mol. The third-order valence-electron chi connectivity index (χ3n) is 4.76. The zero-order valence-corrected chi connectivity index (χ0v) is 16.4. The van der Waals surface area contributed by atoms with Gasteiger partial charge < -0.3 is 19.9 Å². The van der Waals surface area contributed by atoms with Crippen LogP contribution in [0.1, 0.15) is 0 Å². The van der Waals surface area contributed by atoms with Gasteiger partial charge in [-0.1, -0.05) is 17.4 Å². The summed E-state index contributed by atoms with van der Waals surface area (Å²) in [6.45, 7) is 1.37. The summed E-state index contributed by atoms with van der Waals surface area (Å²) < 4.78 is 6.48. The minimum Gasteiger partial charge on any atom is -0.494 e. The summed E-state index contributed by atoms with van der Waals surface area (Å²) in [6, 6.07) is 13.8. The fourth-order valence-corrected chi connectivity index (χ4v) is 4.10. The highest BCUT2D eigenvalue weighted by molar-refractivity contribution is 7.22. The van der Waals surface area contributed by atoms with Crippen LogP contribution < -0.4 is 19.9 Å². The van der Waals surface area contributed by atoms with Crippen LogP contribution in [0.15, 0.2) is 42.5 Å². The first-order chi connectivity index (χ1) is 13.0. The lowest BCUT2D eigenvalue weighted by Crippen LogP contribution is -2.52. The summed E-state index contributed by atoms with van der Waals surface area (Å²) in [5, 5.41) is 3.94. The number of benzene rings is 2. The Morgan fingerprint density at radius 3 is 2.63 bits per heavy atom. The fourth-order valence-electron chi connectivity index (χ4n) is 3.10. The number of nitrogens with one attached hydrogen (secondary N) is 1. The number of fused-ring (bicyclic) bond motifs is 1. The van der Waals surface area contributed by atoms with Crippen LogP contribution in [0.5, 0.6) is 5.75 Å². The molecule has 3 aromatic rings. The van der Waals surface area contributed by atoms with Crippen molar-refractivity contribution in [3.8, 4) is 5.75 Å². The van der Waals surface area contributed by atoms with Crippen LogP contribution in [-0.4, -0.2) is 45.2 Å². The van der Waals surface area contributed by atoms with E-state index in [9.17, 15) is 4.79 Å². The van der Waals surface area contributed by atoms with Crippen molar-refractivity contribution in [3.05, 3.63) is 42.5 Å². The van der Waals surface area contributed by atoms with Gasteiger partial charge in [-0.15, -0.1) is 0 Å². The average Bonchev–Trinajstić information content (AvgIpc) is 3.04. The third kappa shape index (κ3) is 3.42. The van der Waals surface area contributed by atoms with Crippen molar-refractivity contribution in [1.82, 2.24) is 4.98 Å². The predicted octanol–water partition coefficient (Wildman–Crippen LogP) is 3.45. The number of carbonyl (C=O) groups is 1. The molecule has 0 spiro atoms. The molecule has 1 fully saturated rings. The molecule has 1 N–H and O–H groups in total. The monoisotopic (exact) mass is 382 g/mol. The molecule has 1 saturated heterocycles. The zero-order valence-electron chi connectivity index (χ0n) is 15.6. The Morgan fingerprint density at radius 2 is 1.96 bits per heavy atom. The highest BCUT2D eigenvalue weighted by Crippen LogP contribution is 2.36. The summed E-state index contributed by atoms with van der Waals surface area (Å²) in [5.41, 5.74) is 2.82. The number of anilines is 3. The molecule has 0 saturated carbocycles. The molecule has 6 nitrogen and oxygen atoms in total. The molecule has 0 aliphatic carbocycles. The van der Waals surface area contributed by atoms with Crippen molar-refractivity contribution in [3.63, 3.8) is 0 Å². The van der Waals surface area contributed by atoms with E-state index in [1.807, 2.05) is 61.5 Å². The smallest absolute Gasteiger partial charge is 0.231 e. The van der Waals surface area contributed by atoms with Crippen molar-refractivity contribution < 1.29 is 9.53 Å². The number of thiazole rings is 1. The van der Waals surface area contributed by atoms with Crippen LogP contribution in [0, 0.1) is 5.92 Å². The number of aromatic nitrogens is 1. The standard InChI is InChI=1S/C20H22N4O2S/c1-23(2)15-9-7-14(8-10-15)21-19(25)13-11-24(12-13)20-22-18-16(26-3)5-4-6-17(18)27-20/h4-10,13H,11-12H2,1-3H3,(H,21,25). The van der Waals surface area contributed by atoms with Gasteiger partial charge in [0.15, 0.2) is 5.13 Å². The van der Waals surface area contributed by atoms with Gasteiger partial charge in [-0.2, -0.15) is 0 Å². The number of carbonyl (C=O) groups excluding carboxylic acids is 1. The van der Waals surface area contributed by atoms with Crippen molar-refractivity contribution in [2.24, 2.45) is 5.92 Å². The second-order valence-corrected chi connectivity index (χ2v) is 7.85. The van der Waals surface area contributed by atoms with Gasteiger partial charge in [-0.25, -0.2) is 4.98 Å². The number of rotatable bonds is 5. The van der Waals surface area contributed by atoms with E-state index < -0.39 is 0 Å². The summed E-state index contributed by atoms with van der Waals surface area (Å²) in [4.78, 5) is 21.3. The van der Waals surface area contributed by atoms with Crippen molar-refractivity contribution in [1.29, 1.82) is 0 Å². The molecule has 0 atom stereocenters. The molecular formula is C20H22N4O2S. The van der Waals surface area contributed by atoms with Gasteiger partial charge in [0.1, 0.15) is 11.3 Å². The maximum atomic E-state index is 12.5. The lowest BCUT2D eigenvalue weighted by Gasteiger charge is -2.37. The Kier molecular flexibility index (Phi) is 4.61. The fraction of sp³-hybridized carbons (Fsp3) is 0.300. The first-order valence-corrected chi connectivity index (χ1v) is 9.63. The second kappa shape index (κ2) is 7.08. The number of para-hydroxylation sites is 1. The SMILES string of the molecule is COc1cccc2sc(N3CC(C(=O)Nc4ccc(N(C)C)cc4)C3)nc12. The van der Waals surface area contributed by atoms with E-state index in [1.54, 1.807) is 18.4 Å². The highest BCUT2D eigenvalue weighted by Gasteiger charge is 2.34. The summed E-state index contributed by atoms with van der Waals surface area (Å²) in [7, 11) is 5.64. The predicted molar refractivity (Wildman–Crippen MR) is 111 cm³/mol. The molecule has 140 valence electrons. The van der Waals surface area contributed by atoms with E-state index in [0.717, 1.165) is 32.5 Å². The Bertz CT molecular complexity index is 962. The molecule has 1 amide bonds. The third-order valence-corrected chi connectivity index (χ3v) is 5.85. The van der Waals surface area contributed by atoms with Crippen LogP contribution in [0.4, 0.5) is 16.5 Å². The number of hydrogen-bond donors (Lipinski definition) is 1. The first kappa shape index (κ1) is 17.6. The van der Waals surface area contributed by atoms with Gasteiger partial charge in [0, 0.05) is 38.6 Å². The van der Waals surface area contributed by atoms with E-state index in [2.05, 4.69) is 10.2 Å². The quantitative estimate of drug-likeness (QED) is 0.732. The lowest BCUT2D eigenvalue weighted by molar-refractivity contribution is -0.120. The molecule has 7 heteroatoms. The normalized spacial score (nSPS) is 14.1. The zero-order chi connectivity index (χ0) is 19.0. The Labute approximate surface area is 162 Å². The van der Waals surface area contributed by atoms with Gasteiger partial charge >= 0.3 is 0 Å². The Hall–Kier alpha value is -2.80. The number of amides is 1. The number of ether oxygens (including phenoxy) is 1. The van der Waals surface area contributed by atoms with Crippen LogP contribution >= 0.6 is 11.3 Å². The molecule has 2 heterocycles. The number of nitrogens with zero attached hydrogens (tertiary/aromatic N) is 3. The number of hydrogen-bond acceptors (Lipinski definition) is 6. The van der Waals surface area contributed by atoms with Crippen LogP contribution in [-0.2, 0) is 4.79 Å². The van der Waals surface area contributed by atoms with Crippen LogP contribution in [0.2, 0.25) is 0 Å². The molecule has 0 unspecified atom stereocenters. The molecule has 1 aromatic heterocycles. The summed E-state index contributed by atoms with van der Waals surface area (Å²) in [5.74, 6) is 0.820. The van der Waals surface area contributed by atoms with Crippen molar-refractivity contribution >= 4 is 44.0 Å². The molecule has 4 rings (SSSR count). The largest absolute Gasteiger partial charge is 0.494 e. The van der Waals surface area contributed by atoms with Gasteiger partial charge in [-0.3, -0.25) is 4.79 Å². The van der Waals surface area contributed by atoms with Gasteiger partial charge in [0.25, 0.3) is 0 Å². The highest BCUT2D eigenvalue weighted by atomic mass is 32.1. The molecule has 2 aromatic carbocycles. The Morgan fingerprint density at radius 1 is 1.22 bits per heavy atom. The molecule has 0 bridgehead atoms. The van der Waals surface area contributed by atoms with E-state index in [4.69, 9.17) is 9.72 Å². The van der Waals surface area contributed by atoms with Gasteiger partial charge in [0.05, 0.1) is 17.7 Å². The van der Waals surface area contributed by atoms with Crippen LogP contribution in [0.25, 0.3) is 10.2 Å². The molecule has 0 radical (unpaired) electrons. The maximum Gasteiger partial charge on any atom is 0.231 e. The maximum absolute atomic E-state index is 12.5. The second-order valence-electron chi connectivity index (χ2n) is 6.84. The molecule has 1 aliphatic rings. The van der Waals surface area contributed by atoms with Crippen LogP contribution in [0.3, 0.4) is 0 Å². The lowest BCUT2D eigenvalue weighted by atomic mass is 10.00. The minimum absolute atomic E-state index is 0.0209. The van der Waals surface area contributed by atoms with Gasteiger partial charge in [-0.05, 0) is 36.4 Å². The minimum atomic E-state index is -0.0209. The Balaban J connectivity index is 1.38. The summed E-state index contributed by atoms with van der Waals surface area (Å²) in [6.07, 6.45) is 0. The van der Waals surface area contributed by atoms with Gasteiger partial charge in [0.2, 0.25) is 5.91 Å². The number of methoxy groups -OCH3 is 1. The van der Waals surface area contributed by atoms with E-state index in [-0.39, 0.29) is 11.8 Å². The molecule has 1 aliphatic heterocycles. The topological polar surface area (TPSA) is 57.7 Å². The van der Waals surface area contributed by atoms with E-state index in [0.29, 0.717) is 13.1 Å². The first-order valence-electron chi connectivity index (χ1n) is 8.82. The van der Waals surface area contributed by atoms with E-state index >= 15 is 0 Å².